The minimum atomic E-state index is -4.63. The molecule has 0 aliphatic heterocycles. The van der Waals surface area contributed by atoms with Gasteiger partial charge in [-0.2, -0.15) is 0 Å². The number of rotatable bonds is 37. The molecule has 53 heavy (non-hydrogen) atoms. The first-order chi connectivity index (χ1) is 25.5. The molecule has 0 aromatic rings. The van der Waals surface area contributed by atoms with E-state index in [-0.39, 0.29) is 26.1 Å². The molecule has 0 saturated heterocycles. The van der Waals surface area contributed by atoms with Crippen molar-refractivity contribution >= 4 is 19.8 Å². The van der Waals surface area contributed by atoms with Gasteiger partial charge in [-0.15, -0.1) is 0 Å². The summed E-state index contributed by atoms with van der Waals surface area (Å²) < 4.78 is 33.8. The molecule has 0 amide bonds. The Morgan fingerprint density at radius 1 is 0.585 bits per heavy atom. The van der Waals surface area contributed by atoms with E-state index in [0.717, 1.165) is 77.0 Å². The van der Waals surface area contributed by atoms with Crippen molar-refractivity contribution in [1.29, 1.82) is 0 Å². The van der Waals surface area contributed by atoms with Crippen molar-refractivity contribution in [3.05, 3.63) is 48.6 Å². The fourth-order valence-electron chi connectivity index (χ4n) is 5.24. The summed E-state index contributed by atoms with van der Waals surface area (Å²) in [4.78, 5) is 37.4. The van der Waals surface area contributed by atoms with Gasteiger partial charge in [0.05, 0.1) is 27.7 Å². The number of carbonyl (C=O) groups is 2. The standard InChI is InChI=1S/C43H78NO8P/c1-6-8-10-12-14-16-18-20-21-22-23-24-26-27-29-31-33-35-42(45)49-39-41(40-51-53(47,48)50-38-37-44(3,4)5)52-43(46)36-34-32-30-28-25-19-17-15-13-11-9-7-2/h14-17,20-21,23-24,41H,6-13,18-19,22,25-40H2,1-5H3/b16-14-,17-15-,21-20-,24-23-/t41-/m1/s1. The number of quaternary nitrogens is 1. The molecular weight excluding hydrogens is 689 g/mol. The normalized spacial score (nSPS) is 14.2. The van der Waals surface area contributed by atoms with Gasteiger partial charge in [0.25, 0.3) is 7.82 Å². The summed E-state index contributed by atoms with van der Waals surface area (Å²) in [5.74, 6) is -0.874. The number of phosphoric ester groups is 1. The van der Waals surface area contributed by atoms with Crippen LogP contribution in [0.25, 0.3) is 0 Å². The highest BCUT2D eigenvalue weighted by Gasteiger charge is 2.21. The molecule has 0 aromatic heterocycles. The predicted molar refractivity (Wildman–Crippen MR) is 217 cm³/mol. The van der Waals surface area contributed by atoms with Gasteiger partial charge in [0, 0.05) is 12.8 Å². The Morgan fingerprint density at radius 3 is 1.53 bits per heavy atom. The third-order valence-electron chi connectivity index (χ3n) is 8.57. The summed E-state index contributed by atoms with van der Waals surface area (Å²) in [7, 11) is 1.14. The van der Waals surface area contributed by atoms with Crippen molar-refractivity contribution in [2.24, 2.45) is 0 Å². The molecule has 0 aromatic carbocycles. The van der Waals surface area contributed by atoms with Gasteiger partial charge in [0.1, 0.15) is 19.8 Å². The van der Waals surface area contributed by atoms with E-state index in [4.69, 9.17) is 18.5 Å². The number of unbranched alkanes of at least 4 members (excludes halogenated alkanes) is 15. The first kappa shape index (κ1) is 51.0. The molecule has 0 N–H and O–H groups in total. The van der Waals surface area contributed by atoms with Crippen LogP contribution in [0.15, 0.2) is 48.6 Å². The minimum absolute atomic E-state index is 0.0377. The molecule has 308 valence electrons. The largest absolute Gasteiger partial charge is 0.756 e. The van der Waals surface area contributed by atoms with Gasteiger partial charge < -0.3 is 27.9 Å². The maximum absolute atomic E-state index is 12.6. The van der Waals surface area contributed by atoms with Crippen LogP contribution in [0.2, 0.25) is 0 Å². The SMILES string of the molecule is CCCCC/C=C\C/C=C\C/C=C\CCCCCCC(=O)OC[C@H](COP(=O)([O-])OCC[N+](C)(C)C)OC(=O)CCCCCCC/C=C\CCCCC. The van der Waals surface area contributed by atoms with E-state index in [1.807, 2.05) is 21.1 Å². The van der Waals surface area contributed by atoms with Gasteiger partial charge >= 0.3 is 11.9 Å². The molecule has 0 spiro atoms. The Balaban J connectivity index is 4.44. The van der Waals surface area contributed by atoms with E-state index in [1.54, 1.807) is 0 Å². The average Bonchev–Trinajstić information content (AvgIpc) is 3.10. The van der Waals surface area contributed by atoms with E-state index in [2.05, 4.69) is 62.5 Å². The second-order valence-corrected chi connectivity index (χ2v) is 16.4. The second-order valence-electron chi connectivity index (χ2n) is 15.0. The van der Waals surface area contributed by atoms with Crippen LogP contribution in [-0.2, 0) is 32.7 Å². The summed E-state index contributed by atoms with van der Waals surface area (Å²) in [5.41, 5.74) is 0. The zero-order valence-corrected chi connectivity index (χ0v) is 35.3. The second kappa shape index (κ2) is 35.7. The molecule has 10 heteroatoms. The van der Waals surface area contributed by atoms with Crippen LogP contribution in [-0.4, -0.2) is 70.0 Å². The van der Waals surface area contributed by atoms with Crippen LogP contribution in [0.3, 0.4) is 0 Å². The number of esters is 2. The molecular formula is C43H78NO8P. The summed E-state index contributed by atoms with van der Waals surface area (Å²) in [5, 5.41) is 0. The van der Waals surface area contributed by atoms with Crippen molar-refractivity contribution in [3.63, 3.8) is 0 Å². The van der Waals surface area contributed by atoms with Gasteiger partial charge in [0.15, 0.2) is 6.10 Å². The summed E-state index contributed by atoms with van der Waals surface area (Å²) in [6.07, 6.45) is 39.9. The summed E-state index contributed by atoms with van der Waals surface area (Å²) in [6, 6.07) is 0. The van der Waals surface area contributed by atoms with E-state index in [1.165, 1.54) is 44.9 Å². The highest BCUT2D eigenvalue weighted by Crippen LogP contribution is 2.38. The molecule has 0 aliphatic carbocycles. The lowest BCUT2D eigenvalue weighted by atomic mass is 10.1. The number of hydrogen-bond donors (Lipinski definition) is 0. The Morgan fingerprint density at radius 2 is 1.02 bits per heavy atom. The zero-order valence-electron chi connectivity index (χ0n) is 34.4. The van der Waals surface area contributed by atoms with Gasteiger partial charge in [0.2, 0.25) is 0 Å². The molecule has 0 aliphatic rings. The molecule has 0 heterocycles. The summed E-state index contributed by atoms with van der Waals surface area (Å²) >= 11 is 0. The smallest absolute Gasteiger partial charge is 0.306 e. The molecule has 9 nitrogen and oxygen atoms in total. The average molecular weight is 768 g/mol. The van der Waals surface area contributed by atoms with Crippen LogP contribution in [0.4, 0.5) is 0 Å². The minimum Gasteiger partial charge on any atom is -0.756 e. The molecule has 0 saturated carbocycles. The highest BCUT2D eigenvalue weighted by atomic mass is 31.2. The van der Waals surface area contributed by atoms with Gasteiger partial charge in [-0.05, 0) is 77.0 Å². The van der Waals surface area contributed by atoms with Crippen LogP contribution < -0.4 is 4.89 Å². The van der Waals surface area contributed by atoms with E-state index in [0.29, 0.717) is 23.9 Å². The number of likely N-dealkylation sites (N-methyl/N-ethyl adjacent to an activating group) is 1. The molecule has 0 bridgehead atoms. The number of hydrogen-bond acceptors (Lipinski definition) is 8. The molecule has 0 fully saturated rings. The monoisotopic (exact) mass is 768 g/mol. The fraction of sp³-hybridized carbons (Fsp3) is 0.767. The number of phosphoric acid groups is 1. The Labute approximate surface area is 324 Å². The number of ether oxygens (including phenoxy) is 2. The predicted octanol–water partition coefficient (Wildman–Crippen LogP) is 10.9. The van der Waals surface area contributed by atoms with Crippen molar-refractivity contribution < 1.29 is 42.1 Å². The third-order valence-corrected chi connectivity index (χ3v) is 9.54. The first-order valence-corrected chi connectivity index (χ1v) is 22.3. The lowest BCUT2D eigenvalue weighted by Gasteiger charge is -2.28. The molecule has 1 unspecified atom stereocenters. The zero-order chi connectivity index (χ0) is 39.3. The Kier molecular flexibility index (Phi) is 34.3. The van der Waals surface area contributed by atoms with Crippen LogP contribution in [0, 0.1) is 0 Å². The topological polar surface area (TPSA) is 111 Å². The molecule has 0 rings (SSSR count). The van der Waals surface area contributed by atoms with E-state index >= 15 is 0 Å². The maximum Gasteiger partial charge on any atom is 0.306 e. The maximum atomic E-state index is 12.6. The lowest BCUT2D eigenvalue weighted by molar-refractivity contribution is -0.870. The summed E-state index contributed by atoms with van der Waals surface area (Å²) in [6.45, 7) is 4.12. The quantitative estimate of drug-likeness (QED) is 0.0202. The van der Waals surface area contributed by atoms with Crippen molar-refractivity contribution in [2.75, 3.05) is 47.5 Å². The van der Waals surface area contributed by atoms with E-state index < -0.39 is 32.5 Å². The molecule has 0 radical (unpaired) electrons. The van der Waals surface area contributed by atoms with Crippen molar-refractivity contribution in [1.82, 2.24) is 0 Å². The van der Waals surface area contributed by atoms with Gasteiger partial charge in [-0.25, -0.2) is 0 Å². The Hall–Kier alpha value is -2.03. The van der Waals surface area contributed by atoms with E-state index in [9.17, 15) is 19.0 Å². The van der Waals surface area contributed by atoms with Crippen molar-refractivity contribution in [3.8, 4) is 0 Å². The van der Waals surface area contributed by atoms with Gasteiger partial charge in [-0.3, -0.25) is 14.2 Å². The highest BCUT2D eigenvalue weighted by molar-refractivity contribution is 7.45. The van der Waals surface area contributed by atoms with Gasteiger partial charge in [-0.1, -0.05) is 120 Å². The lowest BCUT2D eigenvalue weighted by Crippen LogP contribution is -2.37. The fourth-order valence-corrected chi connectivity index (χ4v) is 5.97. The number of nitrogens with zero attached hydrogens (tertiary/aromatic N) is 1. The first-order valence-electron chi connectivity index (χ1n) is 20.8. The van der Waals surface area contributed by atoms with Crippen LogP contribution in [0.5, 0.6) is 0 Å². The van der Waals surface area contributed by atoms with Crippen LogP contribution >= 0.6 is 7.82 Å². The number of carbonyl (C=O) groups excluding carboxylic acids is 2. The molecule has 2 atom stereocenters. The third kappa shape index (κ3) is 39.5. The number of allylic oxidation sites excluding steroid dienone is 8. The Bertz CT molecular complexity index is 1050. The van der Waals surface area contributed by atoms with Crippen molar-refractivity contribution in [2.45, 2.75) is 168 Å². The van der Waals surface area contributed by atoms with Crippen LogP contribution in [0.1, 0.15) is 162 Å².